The first-order chi connectivity index (χ1) is 18.4. The molecule has 1 aromatic carbocycles. The highest BCUT2D eigenvalue weighted by Gasteiger charge is 2.21. The van der Waals surface area contributed by atoms with Crippen LogP contribution in [-0.2, 0) is 13.1 Å². The Labute approximate surface area is 230 Å². The van der Waals surface area contributed by atoms with Gasteiger partial charge >= 0.3 is 0 Å². The lowest BCUT2D eigenvalue weighted by Gasteiger charge is -2.12. The van der Waals surface area contributed by atoms with Crippen molar-refractivity contribution in [3.8, 4) is 17.1 Å². The second kappa shape index (κ2) is 11.2. The van der Waals surface area contributed by atoms with Gasteiger partial charge in [0.2, 0.25) is 0 Å². The van der Waals surface area contributed by atoms with E-state index >= 15 is 0 Å². The number of carbonyl (C=O) groups is 2. The van der Waals surface area contributed by atoms with Gasteiger partial charge in [0.15, 0.2) is 11.7 Å². The van der Waals surface area contributed by atoms with Crippen LogP contribution in [0.2, 0.25) is 4.34 Å². The Kier molecular flexibility index (Phi) is 7.54. The monoisotopic (exact) mass is 564 g/mol. The van der Waals surface area contributed by atoms with Crippen LogP contribution in [0.4, 0.5) is 5.82 Å². The summed E-state index contributed by atoms with van der Waals surface area (Å²) in [5, 5.41) is 11.3. The highest BCUT2D eigenvalue weighted by atomic mass is 35.5. The highest BCUT2D eigenvalue weighted by Crippen LogP contribution is 2.26. The van der Waals surface area contributed by atoms with Gasteiger partial charge in [0, 0.05) is 21.9 Å². The number of ether oxygens (including phenoxy) is 1. The molecule has 0 spiro atoms. The number of pyridine rings is 1. The Morgan fingerprint density at radius 1 is 1.05 bits per heavy atom. The summed E-state index contributed by atoms with van der Waals surface area (Å²) in [4.78, 5) is 40.7. The molecule has 5 rings (SSSR count). The van der Waals surface area contributed by atoms with Crippen molar-refractivity contribution in [1.82, 2.24) is 14.3 Å². The molecule has 8 nitrogen and oxygen atoms in total. The fourth-order valence-corrected chi connectivity index (χ4v) is 5.53. The number of rotatable bonds is 9. The minimum absolute atomic E-state index is 0.210. The molecule has 0 bridgehead atoms. The number of aromatic nitrogens is 3. The summed E-state index contributed by atoms with van der Waals surface area (Å²) in [6.45, 7) is 0.205. The number of nitrogens with zero attached hydrogens (tertiary/aromatic N) is 3. The number of thiophene rings is 2. The van der Waals surface area contributed by atoms with Crippen molar-refractivity contribution < 1.29 is 14.3 Å². The van der Waals surface area contributed by atoms with E-state index in [1.54, 1.807) is 60.0 Å². The van der Waals surface area contributed by atoms with Crippen molar-refractivity contribution in [3.63, 3.8) is 0 Å². The van der Waals surface area contributed by atoms with Gasteiger partial charge in [-0.2, -0.15) is 21.1 Å². The third kappa shape index (κ3) is 5.33. The maximum atomic E-state index is 13.6. The van der Waals surface area contributed by atoms with E-state index in [2.05, 4.69) is 10.4 Å². The summed E-state index contributed by atoms with van der Waals surface area (Å²) in [6, 6.07) is 19.0. The number of nitrogens with one attached hydrogen (secondary N) is 1. The molecule has 0 unspecified atom stereocenters. The molecule has 0 saturated carbocycles. The predicted molar refractivity (Wildman–Crippen MR) is 150 cm³/mol. The van der Waals surface area contributed by atoms with Gasteiger partial charge in [-0.15, -0.1) is 11.3 Å². The molecule has 0 radical (unpaired) electrons. The highest BCUT2D eigenvalue weighted by molar-refractivity contribution is 7.16. The Balaban J connectivity index is 1.53. The fraction of sp³-hybridized carbons (Fsp3) is 0.111. The molecule has 5 aromatic rings. The smallest absolute Gasteiger partial charge is 0.280 e. The van der Waals surface area contributed by atoms with E-state index in [9.17, 15) is 14.4 Å². The third-order valence-electron chi connectivity index (χ3n) is 5.76. The average Bonchev–Trinajstić information content (AvgIpc) is 3.70. The van der Waals surface area contributed by atoms with Crippen molar-refractivity contribution in [2.45, 2.75) is 13.1 Å². The first kappa shape index (κ1) is 25.7. The van der Waals surface area contributed by atoms with E-state index in [0.717, 1.165) is 4.88 Å². The van der Waals surface area contributed by atoms with Crippen LogP contribution in [0.15, 0.2) is 82.3 Å². The minimum atomic E-state index is -0.460. The molecule has 0 aliphatic rings. The van der Waals surface area contributed by atoms with E-state index in [4.69, 9.17) is 16.3 Å². The molecule has 0 atom stereocenters. The van der Waals surface area contributed by atoms with Crippen molar-refractivity contribution in [2.75, 3.05) is 12.4 Å². The summed E-state index contributed by atoms with van der Waals surface area (Å²) in [5.41, 5.74) is 1.02. The number of anilines is 1. The summed E-state index contributed by atoms with van der Waals surface area (Å²) in [6.07, 6.45) is 0. The molecule has 0 aliphatic heterocycles. The van der Waals surface area contributed by atoms with Crippen LogP contribution in [0, 0.1) is 0 Å². The molecular formula is C27H21ClN4O4S2. The maximum absolute atomic E-state index is 13.6. The van der Waals surface area contributed by atoms with Gasteiger partial charge in [-0.1, -0.05) is 41.9 Å². The van der Waals surface area contributed by atoms with Crippen LogP contribution >= 0.6 is 34.3 Å². The topological polar surface area (TPSA) is 95.2 Å². The molecule has 1 N–H and O–H groups in total. The summed E-state index contributed by atoms with van der Waals surface area (Å²) < 4.78 is 8.55. The molecule has 0 amide bonds. The first-order valence-corrected chi connectivity index (χ1v) is 13.6. The third-order valence-corrected chi connectivity index (χ3v) is 7.67. The largest absolute Gasteiger partial charge is 0.482 e. The van der Waals surface area contributed by atoms with Gasteiger partial charge in [0.1, 0.15) is 11.5 Å². The second-order valence-electron chi connectivity index (χ2n) is 8.17. The SMILES string of the molecule is COc1ccc(-c2cc(NCc3ccc(Cl)s3)n(C(=O)c3ccsc3)n2)c(=O)n1CC(=O)c1ccccc1. The lowest BCUT2D eigenvalue weighted by Crippen LogP contribution is -2.26. The van der Waals surface area contributed by atoms with Gasteiger partial charge in [-0.3, -0.25) is 19.0 Å². The zero-order valence-electron chi connectivity index (χ0n) is 20.1. The van der Waals surface area contributed by atoms with Crippen LogP contribution in [0.5, 0.6) is 5.88 Å². The molecule has 0 fully saturated rings. The normalized spacial score (nSPS) is 10.9. The van der Waals surface area contributed by atoms with Crippen molar-refractivity contribution >= 4 is 51.8 Å². The number of hydrogen-bond acceptors (Lipinski definition) is 8. The number of carbonyl (C=O) groups excluding carboxylic acids is 2. The zero-order valence-corrected chi connectivity index (χ0v) is 22.5. The van der Waals surface area contributed by atoms with E-state index in [-0.39, 0.29) is 35.4 Å². The standard InChI is InChI=1S/C27H21ClN4O4S2/c1-36-25-10-8-20(27(35)31(25)15-22(33)17-5-3-2-4-6-17)21-13-24(29-14-19-7-9-23(28)38-19)32(30-21)26(34)18-11-12-37-16-18/h2-13,16,29H,14-15H2,1H3. The first-order valence-electron chi connectivity index (χ1n) is 11.5. The molecule has 0 saturated heterocycles. The summed E-state index contributed by atoms with van der Waals surface area (Å²) >= 11 is 8.88. The van der Waals surface area contributed by atoms with Crippen LogP contribution in [-0.4, -0.2) is 33.1 Å². The fourth-order valence-electron chi connectivity index (χ4n) is 3.87. The van der Waals surface area contributed by atoms with Crippen LogP contribution < -0.4 is 15.6 Å². The van der Waals surface area contributed by atoms with Crippen LogP contribution in [0.25, 0.3) is 11.3 Å². The van der Waals surface area contributed by atoms with Gasteiger partial charge in [-0.25, -0.2) is 0 Å². The summed E-state index contributed by atoms with van der Waals surface area (Å²) in [7, 11) is 1.44. The average molecular weight is 565 g/mol. The van der Waals surface area contributed by atoms with Crippen molar-refractivity contribution in [1.29, 1.82) is 0 Å². The van der Waals surface area contributed by atoms with E-state index in [1.165, 1.54) is 39.0 Å². The van der Waals surface area contributed by atoms with Crippen molar-refractivity contribution in [3.05, 3.63) is 108 Å². The lowest BCUT2D eigenvalue weighted by molar-refractivity contribution is 0.0946. The minimum Gasteiger partial charge on any atom is -0.482 e. The maximum Gasteiger partial charge on any atom is 0.280 e. The molecule has 11 heteroatoms. The van der Waals surface area contributed by atoms with Gasteiger partial charge in [0.25, 0.3) is 11.5 Å². The lowest BCUT2D eigenvalue weighted by atomic mass is 10.1. The molecule has 38 heavy (non-hydrogen) atoms. The molecule has 192 valence electrons. The Morgan fingerprint density at radius 2 is 1.87 bits per heavy atom. The Morgan fingerprint density at radius 3 is 2.55 bits per heavy atom. The van der Waals surface area contributed by atoms with Gasteiger partial charge < -0.3 is 10.1 Å². The second-order valence-corrected chi connectivity index (χ2v) is 10.8. The Hall–Kier alpha value is -3.99. The summed E-state index contributed by atoms with van der Waals surface area (Å²) in [5.74, 6) is 0.0863. The quantitative estimate of drug-likeness (QED) is 0.231. The predicted octanol–water partition coefficient (Wildman–Crippen LogP) is 5.68. The number of halogens is 1. The molecule has 0 aliphatic carbocycles. The number of Topliss-reactive ketones (excluding diaryl/α,β-unsaturated/α-hetero) is 1. The Bertz CT molecular complexity index is 1660. The van der Waals surface area contributed by atoms with E-state index in [0.29, 0.717) is 27.8 Å². The zero-order chi connectivity index (χ0) is 26.6. The van der Waals surface area contributed by atoms with Crippen LogP contribution in [0.3, 0.4) is 0 Å². The number of methoxy groups -OCH3 is 1. The van der Waals surface area contributed by atoms with Gasteiger partial charge in [0.05, 0.1) is 35.7 Å². The van der Waals surface area contributed by atoms with E-state index in [1.807, 2.05) is 17.5 Å². The molecule has 4 aromatic heterocycles. The number of ketones is 1. The van der Waals surface area contributed by atoms with E-state index < -0.39 is 5.56 Å². The van der Waals surface area contributed by atoms with Crippen molar-refractivity contribution in [2.24, 2.45) is 0 Å². The van der Waals surface area contributed by atoms with Gasteiger partial charge in [-0.05, 0) is 35.7 Å². The number of hydrogen-bond donors (Lipinski definition) is 1. The molecule has 4 heterocycles. The number of benzene rings is 1. The molecular weight excluding hydrogens is 544 g/mol. The van der Waals surface area contributed by atoms with Crippen LogP contribution in [0.1, 0.15) is 25.6 Å².